The van der Waals surface area contributed by atoms with Gasteiger partial charge in [0.2, 0.25) is 0 Å². The fraction of sp³-hybridized carbons (Fsp3) is 0.235. The summed E-state index contributed by atoms with van der Waals surface area (Å²) in [7, 11) is 0. The van der Waals surface area contributed by atoms with Crippen molar-refractivity contribution in [2.45, 2.75) is 26.4 Å². The second-order valence-electron chi connectivity index (χ2n) is 4.60. The van der Waals surface area contributed by atoms with E-state index in [1.165, 1.54) is 23.8 Å². The molecule has 0 saturated carbocycles. The fourth-order valence-corrected chi connectivity index (χ4v) is 1.99. The molecule has 0 saturated heterocycles. The van der Waals surface area contributed by atoms with Crippen LogP contribution in [0.5, 0.6) is 5.75 Å². The van der Waals surface area contributed by atoms with Crippen molar-refractivity contribution in [1.29, 1.82) is 5.26 Å². The molecule has 0 N–H and O–H groups in total. The van der Waals surface area contributed by atoms with Crippen LogP contribution in [-0.4, -0.2) is 0 Å². The standard InChI is InChI=1S/C17H16FNO/c1-2-3-13-4-8-17(9-5-13)20-12-15-10-16(18)7-6-14(15)11-19/h4-10H,2-3,12H2,1H3. The van der Waals surface area contributed by atoms with Gasteiger partial charge in [-0.3, -0.25) is 0 Å². The number of aryl methyl sites for hydroxylation is 1. The third-order valence-corrected chi connectivity index (χ3v) is 3.04. The summed E-state index contributed by atoms with van der Waals surface area (Å²) in [4.78, 5) is 0. The lowest BCUT2D eigenvalue weighted by molar-refractivity contribution is 0.305. The molecule has 2 aromatic carbocycles. The Kier molecular flexibility index (Phi) is 4.73. The van der Waals surface area contributed by atoms with Gasteiger partial charge >= 0.3 is 0 Å². The predicted octanol–water partition coefficient (Wildman–Crippen LogP) is 4.23. The van der Waals surface area contributed by atoms with Gasteiger partial charge < -0.3 is 4.74 Å². The van der Waals surface area contributed by atoms with E-state index in [0.717, 1.165) is 18.6 Å². The van der Waals surface area contributed by atoms with Crippen molar-refractivity contribution in [3.8, 4) is 11.8 Å². The molecule has 0 fully saturated rings. The lowest BCUT2D eigenvalue weighted by atomic mass is 10.1. The van der Waals surface area contributed by atoms with Crippen molar-refractivity contribution in [1.82, 2.24) is 0 Å². The van der Waals surface area contributed by atoms with E-state index in [1.54, 1.807) is 0 Å². The van der Waals surface area contributed by atoms with Gasteiger partial charge in [-0.2, -0.15) is 5.26 Å². The summed E-state index contributed by atoms with van der Waals surface area (Å²) >= 11 is 0. The molecule has 0 heterocycles. The zero-order chi connectivity index (χ0) is 14.4. The second kappa shape index (κ2) is 6.72. The molecule has 0 aliphatic rings. The Morgan fingerprint density at radius 3 is 2.55 bits per heavy atom. The van der Waals surface area contributed by atoms with Gasteiger partial charge in [-0.05, 0) is 42.3 Å². The van der Waals surface area contributed by atoms with Gasteiger partial charge in [0.1, 0.15) is 18.2 Å². The van der Waals surface area contributed by atoms with E-state index in [-0.39, 0.29) is 12.4 Å². The van der Waals surface area contributed by atoms with Gasteiger partial charge in [0, 0.05) is 5.56 Å². The smallest absolute Gasteiger partial charge is 0.123 e. The van der Waals surface area contributed by atoms with Crippen molar-refractivity contribution >= 4 is 0 Å². The van der Waals surface area contributed by atoms with Crippen LogP contribution in [0.2, 0.25) is 0 Å². The molecule has 2 nitrogen and oxygen atoms in total. The normalized spacial score (nSPS) is 10.1. The van der Waals surface area contributed by atoms with Crippen LogP contribution < -0.4 is 4.74 Å². The molecule has 0 aliphatic carbocycles. The molecule has 0 amide bonds. The molecule has 0 bridgehead atoms. The van der Waals surface area contributed by atoms with E-state index in [2.05, 4.69) is 6.92 Å². The van der Waals surface area contributed by atoms with E-state index in [4.69, 9.17) is 10.00 Å². The van der Waals surface area contributed by atoms with Crippen LogP contribution >= 0.6 is 0 Å². The number of hydrogen-bond donors (Lipinski definition) is 0. The largest absolute Gasteiger partial charge is 0.489 e. The van der Waals surface area contributed by atoms with Crippen LogP contribution in [0.3, 0.4) is 0 Å². The van der Waals surface area contributed by atoms with E-state index in [0.29, 0.717) is 11.1 Å². The first kappa shape index (κ1) is 14.1. The molecular formula is C17H16FNO. The molecule has 0 atom stereocenters. The summed E-state index contributed by atoms with van der Waals surface area (Å²) in [6, 6.07) is 14.0. The molecule has 3 heteroatoms. The third kappa shape index (κ3) is 3.58. The monoisotopic (exact) mass is 269 g/mol. The number of ether oxygens (including phenoxy) is 1. The molecule has 2 rings (SSSR count). The average molecular weight is 269 g/mol. The van der Waals surface area contributed by atoms with Crippen LogP contribution in [0.25, 0.3) is 0 Å². The zero-order valence-corrected chi connectivity index (χ0v) is 11.4. The van der Waals surface area contributed by atoms with Gasteiger partial charge in [0.05, 0.1) is 11.6 Å². The van der Waals surface area contributed by atoms with Crippen LogP contribution in [0.15, 0.2) is 42.5 Å². The highest BCUT2D eigenvalue weighted by Crippen LogP contribution is 2.17. The number of nitriles is 1. The molecule has 20 heavy (non-hydrogen) atoms. The van der Waals surface area contributed by atoms with Crippen LogP contribution in [-0.2, 0) is 13.0 Å². The van der Waals surface area contributed by atoms with Crippen molar-refractivity contribution < 1.29 is 9.13 Å². The maximum absolute atomic E-state index is 13.2. The highest BCUT2D eigenvalue weighted by atomic mass is 19.1. The van der Waals surface area contributed by atoms with Gasteiger partial charge in [-0.15, -0.1) is 0 Å². The van der Waals surface area contributed by atoms with Gasteiger partial charge in [-0.25, -0.2) is 4.39 Å². The van der Waals surface area contributed by atoms with Crippen LogP contribution in [0.1, 0.15) is 30.0 Å². The van der Waals surface area contributed by atoms with Crippen molar-refractivity contribution in [2.24, 2.45) is 0 Å². The van der Waals surface area contributed by atoms with E-state index < -0.39 is 0 Å². The summed E-state index contributed by atoms with van der Waals surface area (Å²) in [6.45, 7) is 2.32. The average Bonchev–Trinajstić information content (AvgIpc) is 2.47. The van der Waals surface area contributed by atoms with Crippen LogP contribution in [0.4, 0.5) is 4.39 Å². The molecule has 0 unspecified atom stereocenters. The Hall–Kier alpha value is -2.34. The number of benzene rings is 2. The van der Waals surface area contributed by atoms with Crippen molar-refractivity contribution in [3.05, 3.63) is 65.0 Å². The summed E-state index contributed by atoms with van der Waals surface area (Å²) in [5.41, 5.74) is 2.27. The molecule has 2 aromatic rings. The molecule has 102 valence electrons. The van der Waals surface area contributed by atoms with E-state index >= 15 is 0 Å². The van der Waals surface area contributed by atoms with Crippen molar-refractivity contribution in [3.63, 3.8) is 0 Å². The summed E-state index contributed by atoms with van der Waals surface area (Å²) in [5, 5.41) is 8.97. The van der Waals surface area contributed by atoms with E-state index in [1.807, 2.05) is 30.3 Å². The molecule has 0 aliphatic heterocycles. The summed E-state index contributed by atoms with van der Waals surface area (Å²) in [6.07, 6.45) is 2.15. The summed E-state index contributed by atoms with van der Waals surface area (Å²) < 4.78 is 18.8. The summed E-state index contributed by atoms with van der Waals surface area (Å²) in [5.74, 6) is 0.360. The quantitative estimate of drug-likeness (QED) is 0.813. The molecular weight excluding hydrogens is 253 g/mol. The Morgan fingerprint density at radius 2 is 1.90 bits per heavy atom. The van der Waals surface area contributed by atoms with Crippen molar-refractivity contribution in [2.75, 3.05) is 0 Å². The first-order chi connectivity index (χ1) is 9.72. The number of hydrogen-bond acceptors (Lipinski definition) is 2. The Balaban J connectivity index is 2.05. The Labute approximate surface area is 118 Å². The highest BCUT2D eigenvalue weighted by Gasteiger charge is 2.05. The SMILES string of the molecule is CCCc1ccc(OCc2cc(F)ccc2C#N)cc1. The number of nitrogens with zero attached hydrogens (tertiary/aromatic N) is 1. The number of halogens is 1. The minimum atomic E-state index is -0.360. The highest BCUT2D eigenvalue weighted by molar-refractivity contribution is 5.38. The Bertz CT molecular complexity index is 614. The molecule has 0 aromatic heterocycles. The first-order valence-corrected chi connectivity index (χ1v) is 6.63. The minimum absolute atomic E-state index is 0.188. The third-order valence-electron chi connectivity index (χ3n) is 3.04. The first-order valence-electron chi connectivity index (χ1n) is 6.63. The zero-order valence-electron chi connectivity index (χ0n) is 11.4. The van der Waals surface area contributed by atoms with Gasteiger partial charge in [0.15, 0.2) is 0 Å². The Morgan fingerprint density at radius 1 is 1.15 bits per heavy atom. The maximum atomic E-state index is 13.2. The molecule has 0 spiro atoms. The minimum Gasteiger partial charge on any atom is -0.489 e. The second-order valence-corrected chi connectivity index (χ2v) is 4.60. The topological polar surface area (TPSA) is 33.0 Å². The van der Waals surface area contributed by atoms with Gasteiger partial charge in [-0.1, -0.05) is 25.5 Å². The lowest BCUT2D eigenvalue weighted by Crippen LogP contribution is -1.99. The lowest BCUT2D eigenvalue weighted by Gasteiger charge is -2.08. The fourth-order valence-electron chi connectivity index (χ4n) is 1.99. The van der Waals surface area contributed by atoms with Crippen LogP contribution in [0, 0.1) is 17.1 Å². The maximum Gasteiger partial charge on any atom is 0.123 e. The van der Waals surface area contributed by atoms with E-state index in [9.17, 15) is 4.39 Å². The predicted molar refractivity (Wildman–Crippen MR) is 75.9 cm³/mol. The molecule has 0 radical (unpaired) electrons. The van der Waals surface area contributed by atoms with Gasteiger partial charge in [0.25, 0.3) is 0 Å². The number of rotatable bonds is 5.